The molecule has 0 aliphatic heterocycles. The molecule has 2 atom stereocenters. The molecule has 6 heteroatoms. The fourth-order valence-electron chi connectivity index (χ4n) is 3.74. The van der Waals surface area contributed by atoms with Crippen LogP contribution in [0.4, 0.5) is 11.8 Å². The second-order valence-corrected chi connectivity index (χ2v) is 7.85. The fourth-order valence-corrected chi connectivity index (χ4v) is 3.96. The van der Waals surface area contributed by atoms with E-state index in [4.69, 9.17) is 17.3 Å². The molecular weight excluding hydrogens is 396 g/mol. The topological polar surface area (TPSA) is 84.1 Å². The number of anilines is 2. The van der Waals surface area contributed by atoms with Gasteiger partial charge in [-0.15, -0.1) is 0 Å². The van der Waals surface area contributed by atoms with Gasteiger partial charge in [0.15, 0.2) is 5.15 Å². The van der Waals surface area contributed by atoms with Gasteiger partial charge in [-0.05, 0) is 48.4 Å². The Kier molecular flexibility index (Phi) is 6.18. The molecule has 152 valence electrons. The summed E-state index contributed by atoms with van der Waals surface area (Å²) in [5, 5.41) is 13.0. The van der Waals surface area contributed by atoms with Crippen LogP contribution in [0.5, 0.6) is 0 Å². The van der Waals surface area contributed by atoms with Crippen LogP contribution in [0, 0.1) is 17.8 Å². The standard InChI is InChI=1S/C24H23ClN4O/c25-22-21(23(29-24(26)28-22)27-20-12-8-17(14-20)15-30)13-9-16-6-10-19(11-7-16)18-4-2-1-3-5-18/h1-7,10-11,17,20,30H,8,12,14-15H2,(H3,26,27,28,29)/t17-,20+/m1/s1. The number of hydrogen-bond donors (Lipinski definition) is 3. The van der Waals surface area contributed by atoms with Crippen molar-refractivity contribution in [2.75, 3.05) is 17.7 Å². The number of nitrogens with two attached hydrogens (primary N) is 1. The maximum Gasteiger partial charge on any atom is 0.223 e. The van der Waals surface area contributed by atoms with Gasteiger partial charge in [0.1, 0.15) is 11.4 Å². The van der Waals surface area contributed by atoms with Crippen LogP contribution in [0.25, 0.3) is 11.1 Å². The van der Waals surface area contributed by atoms with Crippen molar-refractivity contribution in [3.8, 4) is 23.0 Å². The molecule has 4 rings (SSSR count). The third kappa shape index (κ3) is 4.73. The summed E-state index contributed by atoms with van der Waals surface area (Å²) < 4.78 is 0. The number of nitrogen functional groups attached to an aromatic ring is 1. The van der Waals surface area contributed by atoms with E-state index < -0.39 is 0 Å². The lowest BCUT2D eigenvalue weighted by Crippen LogP contribution is -2.19. The number of hydrogen-bond acceptors (Lipinski definition) is 5. The van der Waals surface area contributed by atoms with Gasteiger partial charge >= 0.3 is 0 Å². The first-order chi connectivity index (χ1) is 14.6. The molecule has 1 fully saturated rings. The Morgan fingerprint density at radius 3 is 2.43 bits per heavy atom. The van der Waals surface area contributed by atoms with Gasteiger partial charge in [0, 0.05) is 18.2 Å². The molecule has 0 unspecified atom stereocenters. The van der Waals surface area contributed by atoms with E-state index in [-0.39, 0.29) is 23.8 Å². The van der Waals surface area contributed by atoms with Gasteiger partial charge in [0.2, 0.25) is 5.95 Å². The average molecular weight is 419 g/mol. The van der Waals surface area contributed by atoms with Gasteiger partial charge in [0.05, 0.1) is 0 Å². The van der Waals surface area contributed by atoms with Crippen LogP contribution in [0.15, 0.2) is 54.6 Å². The molecule has 4 N–H and O–H groups in total. The number of aliphatic hydroxyl groups excluding tert-OH is 1. The lowest BCUT2D eigenvalue weighted by molar-refractivity contribution is 0.229. The van der Waals surface area contributed by atoms with Crippen LogP contribution in [0.1, 0.15) is 30.4 Å². The Morgan fingerprint density at radius 1 is 1.00 bits per heavy atom. The van der Waals surface area contributed by atoms with Crippen molar-refractivity contribution in [1.29, 1.82) is 0 Å². The van der Waals surface area contributed by atoms with Gasteiger partial charge in [0.25, 0.3) is 0 Å². The quantitative estimate of drug-likeness (QED) is 0.433. The molecule has 0 radical (unpaired) electrons. The fraction of sp³-hybridized carbons (Fsp3) is 0.250. The molecule has 0 amide bonds. The number of nitrogens with one attached hydrogen (secondary N) is 1. The first-order valence-corrected chi connectivity index (χ1v) is 10.4. The van der Waals surface area contributed by atoms with E-state index >= 15 is 0 Å². The molecule has 5 nitrogen and oxygen atoms in total. The van der Waals surface area contributed by atoms with E-state index in [9.17, 15) is 5.11 Å². The summed E-state index contributed by atoms with van der Waals surface area (Å²) in [4.78, 5) is 8.38. The number of benzene rings is 2. The van der Waals surface area contributed by atoms with E-state index in [2.05, 4.69) is 39.3 Å². The Bertz CT molecular complexity index is 1070. The number of halogens is 1. The van der Waals surface area contributed by atoms with Crippen molar-refractivity contribution < 1.29 is 5.11 Å². The summed E-state index contributed by atoms with van der Waals surface area (Å²) in [5.74, 6) is 7.23. The molecule has 0 saturated heterocycles. The molecule has 0 bridgehead atoms. The maximum atomic E-state index is 9.38. The monoisotopic (exact) mass is 418 g/mol. The lowest BCUT2D eigenvalue weighted by Gasteiger charge is -2.15. The first kappa shape index (κ1) is 20.2. The first-order valence-electron chi connectivity index (χ1n) is 10.0. The van der Waals surface area contributed by atoms with E-state index in [0.29, 0.717) is 17.3 Å². The number of aliphatic hydroxyl groups is 1. The molecule has 1 saturated carbocycles. The van der Waals surface area contributed by atoms with E-state index in [1.54, 1.807) is 0 Å². The van der Waals surface area contributed by atoms with Crippen molar-refractivity contribution in [2.45, 2.75) is 25.3 Å². The third-order valence-electron chi connectivity index (χ3n) is 5.35. The van der Waals surface area contributed by atoms with E-state index in [1.165, 1.54) is 0 Å². The molecule has 1 heterocycles. The molecule has 2 aromatic carbocycles. The Labute approximate surface area is 181 Å². The Morgan fingerprint density at radius 2 is 1.73 bits per heavy atom. The second kappa shape index (κ2) is 9.17. The normalized spacial score (nSPS) is 17.9. The Balaban J connectivity index is 1.57. The highest BCUT2D eigenvalue weighted by Crippen LogP contribution is 2.30. The van der Waals surface area contributed by atoms with Gasteiger partial charge in [-0.25, -0.2) is 0 Å². The zero-order chi connectivity index (χ0) is 20.9. The molecule has 1 aliphatic rings. The van der Waals surface area contributed by atoms with Crippen LogP contribution in [0.3, 0.4) is 0 Å². The summed E-state index contributed by atoms with van der Waals surface area (Å²) in [7, 11) is 0. The molecule has 0 spiro atoms. The molecule has 1 aliphatic carbocycles. The predicted molar refractivity (Wildman–Crippen MR) is 121 cm³/mol. The van der Waals surface area contributed by atoms with Gasteiger partial charge < -0.3 is 16.2 Å². The van der Waals surface area contributed by atoms with Crippen LogP contribution in [-0.4, -0.2) is 27.7 Å². The number of aromatic nitrogens is 2. The highest BCUT2D eigenvalue weighted by atomic mass is 35.5. The summed E-state index contributed by atoms with van der Waals surface area (Å²) in [6, 6.07) is 18.5. The minimum Gasteiger partial charge on any atom is -0.396 e. The largest absolute Gasteiger partial charge is 0.396 e. The summed E-state index contributed by atoms with van der Waals surface area (Å²) in [6.07, 6.45) is 2.82. The minimum atomic E-state index is 0.108. The summed E-state index contributed by atoms with van der Waals surface area (Å²) in [5.41, 5.74) is 9.50. The van der Waals surface area contributed by atoms with Crippen molar-refractivity contribution in [1.82, 2.24) is 9.97 Å². The van der Waals surface area contributed by atoms with Crippen molar-refractivity contribution >= 4 is 23.4 Å². The zero-order valence-corrected chi connectivity index (χ0v) is 17.2. The van der Waals surface area contributed by atoms with Crippen LogP contribution in [-0.2, 0) is 0 Å². The third-order valence-corrected chi connectivity index (χ3v) is 5.62. The van der Waals surface area contributed by atoms with Gasteiger partial charge in [-0.1, -0.05) is 65.9 Å². The smallest absolute Gasteiger partial charge is 0.223 e. The highest BCUT2D eigenvalue weighted by Gasteiger charge is 2.25. The van der Waals surface area contributed by atoms with Crippen LogP contribution in [0.2, 0.25) is 5.15 Å². The van der Waals surface area contributed by atoms with Gasteiger partial charge in [-0.2, -0.15) is 9.97 Å². The molecular formula is C24H23ClN4O. The molecule has 3 aromatic rings. The predicted octanol–water partition coefficient (Wildman–Crippen LogP) is 4.35. The number of nitrogens with zero attached hydrogens (tertiary/aromatic N) is 2. The molecule has 1 aromatic heterocycles. The van der Waals surface area contributed by atoms with Crippen molar-refractivity contribution in [3.63, 3.8) is 0 Å². The maximum absolute atomic E-state index is 9.38. The zero-order valence-electron chi connectivity index (χ0n) is 16.5. The SMILES string of the molecule is Nc1nc(Cl)c(C#Cc2ccc(-c3ccccc3)cc2)c(N[C@H]2CC[C@@H](CO)C2)n1. The second-order valence-electron chi connectivity index (χ2n) is 7.49. The van der Waals surface area contributed by atoms with Gasteiger partial charge in [-0.3, -0.25) is 0 Å². The molecule has 30 heavy (non-hydrogen) atoms. The Hall–Kier alpha value is -3.07. The van der Waals surface area contributed by atoms with Crippen molar-refractivity contribution in [3.05, 3.63) is 70.9 Å². The lowest BCUT2D eigenvalue weighted by atomic mass is 10.0. The van der Waals surface area contributed by atoms with Crippen LogP contribution >= 0.6 is 11.6 Å². The summed E-state index contributed by atoms with van der Waals surface area (Å²) in [6.45, 7) is 0.205. The van der Waals surface area contributed by atoms with Crippen molar-refractivity contribution in [2.24, 2.45) is 5.92 Å². The van der Waals surface area contributed by atoms with Crippen LogP contribution < -0.4 is 11.1 Å². The van der Waals surface area contributed by atoms with E-state index in [0.717, 1.165) is 36.0 Å². The summed E-state index contributed by atoms with van der Waals surface area (Å²) >= 11 is 6.33. The average Bonchev–Trinajstić information content (AvgIpc) is 3.22. The highest BCUT2D eigenvalue weighted by molar-refractivity contribution is 6.31. The number of rotatable bonds is 4. The minimum absolute atomic E-state index is 0.108. The van der Waals surface area contributed by atoms with E-state index in [1.807, 2.05) is 42.5 Å².